The number of ether oxygens (including phenoxy) is 7. The van der Waals surface area contributed by atoms with E-state index < -0.39 is 38.5 Å². The van der Waals surface area contributed by atoms with Crippen LogP contribution in [0.1, 0.15) is 19.1 Å². The molecule has 0 radical (unpaired) electrons. The lowest BCUT2D eigenvalue weighted by Crippen LogP contribution is -2.63. The van der Waals surface area contributed by atoms with E-state index in [4.69, 9.17) is 61.0 Å². The van der Waals surface area contributed by atoms with Crippen molar-refractivity contribution in [3.05, 3.63) is 23.9 Å². The maximum Gasteiger partial charge on any atom is 0.350 e. The molecule has 3 aliphatic rings. The second-order valence-corrected chi connectivity index (χ2v) is 15.3. The first-order chi connectivity index (χ1) is 26.6. The number of halogens is 1. The monoisotopic (exact) mass is 812 g/mol. The van der Waals surface area contributed by atoms with Crippen LogP contribution in [0, 0.1) is 17.8 Å². The minimum absolute atomic E-state index is 0.0294. The van der Waals surface area contributed by atoms with Gasteiger partial charge in [0.15, 0.2) is 17.6 Å². The predicted octanol–water partition coefficient (Wildman–Crippen LogP) is 0.226. The standard InChI is InChI=1S/C33H46ClN8O12P/c1-2-6-48-7-8-49-9-10-50-11-12-51-13-14-53-23-15-35-32(36-16-23)40-5-3-4-33(19-40)20-41(21-33)28-24-17-37-42(29(24)39-31(34)38-28)30-27(44)26(43)25(54-30)18-52-22-55(45,46)47/h1,15-17,25-27,30,43-44H,3-14,18-22H2,(H2,45,46,47)/t25-,26-,27-,30-/m1/s1. The van der Waals surface area contributed by atoms with Crippen LogP contribution in [0.15, 0.2) is 18.6 Å². The summed E-state index contributed by atoms with van der Waals surface area (Å²) in [7, 11) is -4.42. The minimum atomic E-state index is -4.42. The maximum absolute atomic E-state index is 11.1. The predicted molar refractivity (Wildman–Crippen MR) is 195 cm³/mol. The van der Waals surface area contributed by atoms with Gasteiger partial charge >= 0.3 is 7.60 Å². The molecule has 3 aromatic rings. The quantitative estimate of drug-likeness (QED) is 0.0487. The molecule has 0 unspecified atom stereocenters. The summed E-state index contributed by atoms with van der Waals surface area (Å²) < 4.78 is 50.6. The summed E-state index contributed by atoms with van der Waals surface area (Å²) in [5.74, 6) is 4.15. The Morgan fingerprint density at radius 3 is 2.24 bits per heavy atom. The molecule has 3 aromatic heterocycles. The Morgan fingerprint density at radius 1 is 0.909 bits per heavy atom. The van der Waals surface area contributed by atoms with Gasteiger partial charge in [0, 0.05) is 31.6 Å². The molecule has 4 atom stereocenters. The van der Waals surface area contributed by atoms with Gasteiger partial charge in [-0.25, -0.2) is 14.6 Å². The number of aliphatic hydroxyl groups is 2. The van der Waals surface area contributed by atoms with Crippen LogP contribution in [-0.4, -0.2) is 167 Å². The highest BCUT2D eigenvalue weighted by molar-refractivity contribution is 7.51. The molecule has 6 rings (SSSR count). The number of aromatic nitrogens is 6. The van der Waals surface area contributed by atoms with E-state index in [0.717, 1.165) is 25.9 Å². The lowest BCUT2D eigenvalue weighted by atomic mass is 9.73. The van der Waals surface area contributed by atoms with Gasteiger partial charge in [-0.15, -0.1) is 6.42 Å². The Hall–Kier alpha value is -3.29. The Labute approximate surface area is 322 Å². The number of rotatable bonds is 21. The van der Waals surface area contributed by atoms with Crippen LogP contribution < -0.4 is 14.5 Å². The number of nitrogens with zero attached hydrogens (tertiary/aromatic N) is 8. The molecule has 4 N–H and O–H groups in total. The highest BCUT2D eigenvalue weighted by Crippen LogP contribution is 2.44. The number of aliphatic hydroxyl groups excluding tert-OH is 2. The smallest absolute Gasteiger partial charge is 0.350 e. The van der Waals surface area contributed by atoms with Crippen molar-refractivity contribution in [3.8, 4) is 18.1 Å². The molecule has 1 spiro atoms. The normalized spacial score (nSPS) is 22.3. The molecule has 3 saturated heterocycles. The van der Waals surface area contributed by atoms with E-state index in [1.807, 2.05) is 0 Å². The van der Waals surface area contributed by atoms with Crippen molar-refractivity contribution in [2.45, 2.75) is 37.4 Å². The molecule has 3 fully saturated rings. The summed E-state index contributed by atoms with van der Waals surface area (Å²) in [4.78, 5) is 40.4. The lowest BCUT2D eigenvalue weighted by molar-refractivity contribution is -0.0658. The highest BCUT2D eigenvalue weighted by atomic mass is 35.5. The van der Waals surface area contributed by atoms with Gasteiger partial charge in [-0.3, -0.25) is 4.57 Å². The molecule has 0 saturated carbocycles. The summed E-state index contributed by atoms with van der Waals surface area (Å²) in [6.45, 7) is 6.37. The van der Waals surface area contributed by atoms with Crippen LogP contribution in [-0.2, 0) is 33.0 Å². The Kier molecular flexibility index (Phi) is 14.5. The molecular formula is C33H46ClN8O12P. The van der Waals surface area contributed by atoms with Gasteiger partial charge < -0.3 is 63.0 Å². The molecule has 6 heterocycles. The van der Waals surface area contributed by atoms with E-state index in [9.17, 15) is 14.8 Å². The van der Waals surface area contributed by atoms with E-state index >= 15 is 0 Å². The molecule has 0 bridgehead atoms. The maximum atomic E-state index is 11.1. The number of terminal acetylenes is 1. The fraction of sp³-hybridized carbons (Fsp3) is 0.667. The largest absolute Gasteiger partial charge is 0.488 e. The molecule has 0 amide bonds. The first-order valence-electron chi connectivity index (χ1n) is 17.8. The van der Waals surface area contributed by atoms with Gasteiger partial charge in [0.2, 0.25) is 11.2 Å². The number of hydrogen-bond acceptors (Lipinski definition) is 17. The Morgan fingerprint density at radius 2 is 1.56 bits per heavy atom. The van der Waals surface area contributed by atoms with Crippen molar-refractivity contribution in [1.82, 2.24) is 29.7 Å². The van der Waals surface area contributed by atoms with E-state index in [1.165, 1.54) is 4.68 Å². The number of piperidine rings is 1. The molecule has 302 valence electrons. The van der Waals surface area contributed by atoms with Gasteiger partial charge in [0.05, 0.1) is 76.8 Å². The third kappa shape index (κ3) is 11.0. The lowest BCUT2D eigenvalue weighted by Gasteiger charge is -2.55. The van der Waals surface area contributed by atoms with Crippen molar-refractivity contribution < 1.29 is 57.7 Å². The van der Waals surface area contributed by atoms with Gasteiger partial charge in [0.1, 0.15) is 43.7 Å². The van der Waals surface area contributed by atoms with Gasteiger partial charge in [-0.1, -0.05) is 5.92 Å². The summed E-state index contributed by atoms with van der Waals surface area (Å²) in [5.41, 5.74) is 0.263. The second kappa shape index (κ2) is 19.2. The van der Waals surface area contributed by atoms with Crippen LogP contribution in [0.5, 0.6) is 5.75 Å². The fourth-order valence-electron chi connectivity index (χ4n) is 6.78. The molecule has 0 aromatic carbocycles. The zero-order valence-corrected chi connectivity index (χ0v) is 31.7. The van der Waals surface area contributed by atoms with E-state index in [0.29, 0.717) is 94.5 Å². The number of anilines is 2. The van der Waals surface area contributed by atoms with Gasteiger partial charge in [-0.05, 0) is 24.4 Å². The van der Waals surface area contributed by atoms with Crippen molar-refractivity contribution in [2.24, 2.45) is 5.41 Å². The van der Waals surface area contributed by atoms with Gasteiger partial charge in [-0.2, -0.15) is 15.1 Å². The first kappa shape index (κ1) is 41.3. The first-order valence-corrected chi connectivity index (χ1v) is 20.0. The second-order valence-electron chi connectivity index (χ2n) is 13.4. The average molecular weight is 813 g/mol. The molecular weight excluding hydrogens is 767 g/mol. The zero-order chi connectivity index (χ0) is 38.8. The Bertz CT molecular complexity index is 1780. The van der Waals surface area contributed by atoms with Crippen LogP contribution in [0.2, 0.25) is 5.28 Å². The van der Waals surface area contributed by atoms with E-state index in [1.54, 1.807) is 18.6 Å². The third-order valence-electron chi connectivity index (χ3n) is 9.23. The van der Waals surface area contributed by atoms with E-state index in [2.05, 4.69) is 40.8 Å². The van der Waals surface area contributed by atoms with Crippen LogP contribution in [0.4, 0.5) is 11.8 Å². The molecule has 0 aliphatic carbocycles. The summed E-state index contributed by atoms with van der Waals surface area (Å²) in [6.07, 6.45) is 6.06. The van der Waals surface area contributed by atoms with Gasteiger partial charge in [0.25, 0.3) is 0 Å². The highest BCUT2D eigenvalue weighted by Gasteiger charge is 2.48. The number of hydrogen-bond donors (Lipinski definition) is 4. The zero-order valence-electron chi connectivity index (χ0n) is 30.1. The van der Waals surface area contributed by atoms with Crippen molar-refractivity contribution in [2.75, 3.05) is 108 Å². The third-order valence-corrected chi connectivity index (χ3v) is 9.92. The van der Waals surface area contributed by atoms with Crippen molar-refractivity contribution >= 4 is 42.0 Å². The molecule has 22 heteroatoms. The minimum Gasteiger partial charge on any atom is -0.488 e. The molecule has 20 nitrogen and oxygen atoms in total. The summed E-state index contributed by atoms with van der Waals surface area (Å²) in [5, 5.41) is 26.3. The van der Waals surface area contributed by atoms with E-state index in [-0.39, 0.29) is 23.9 Å². The Balaban J connectivity index is 0.945. The van der Waals surface area contributed by atoms with Crippen LogP contribution >= 0.6 is 19.2 Å². The topological polar surface area (TPSA) is 238 Å². The SMILES string of the molecule is C#CCOCCOCCOCCOCCOc1cnc(N2CCCC3(C2)CN(c2nc(Cl)nc4c2cnn4[C@@H]2O[C@H](COCP(=O)(O)O)[C@@H](O)[C@H]2O)C3)nc1. The fourth-order valence-corrected chi connectivity index (χ4v) is 7.28. The van der Waals surface area contributed by atoms with Crippen LogP contribution in [0.3, 0.4) is 0 Å². The molecule has 55 heavy (non-hydrogen) atoms. The van der Waals surface area contributed by atoms with Crippen molar-refractivity contribution in [3.63, 3.8) is 0 Å². The molecule has 3 aliphatic heterocycles. The summed E-state index contributed by atoms with van der Waals surface area (Å²) >= 11 is 6.38. The van der Waals surface area contributed by atoms with Crippen LogP contribution in [0.25, 0.3) is 11.0 Å². The van der Waals surface area contributed by atoms with Crippen molar-refractivity contribution in [1.29, 1.82) is 0 Å². The average Bonchev–Trinajstić information content (AvgIpc) is 3.69. The number of fused-ring (bicyclic) bond motifs is 1. The summed E-state index contributed by atoms with van der Waals surface area (Å²) in [6, 6.07) is 0.